The van der Waals surface area contributed by atoms with Crippen molar-refractivity contribution in [1.82, 2.24) is 0 Å². The lowest BCUT2D eigenvalue weighted by atomic mass is 10.0. The van der Waals surface area contributed by atoms with Crippen LogP contribution in [-0.4, -0.2) is 20.4 Å². The van der Waals surface area contributed by atoms with E-state index < -0.39 is 16.1 Å². The van der Waals surface area contributed by atoms with Crippen molar-refractivity contribution < 1.29 is 17.9 Å². The van der Waals surface area contributed by atoms with Crippen LogP contribution in [0.2, 0.25) is 0 Å². The Kier molecular flexibility index (Phi) is 6.97. The summed E-state index contributed by atoms with van der Waals surface area (Å²) in [5.41, 5.74) is 1.99. The molecule has 0 bridgehead atoms. The summed E-state index contributed by atoms with van der Waals surface area (Å²) in [7, 11) is -3.72. The van der Waals surface area contributed by atoms with Gasteiger partial charge in [-0.3, -0.25) is 9.52 Å². The summed E-state index contributed by atoms with van der Waals surface area (Å²) in [6.45, 7) is 5.80. The van der Waals surface area contributed by atoms with E-state index in [1.807, 2.05) is 24.3 Å². The summed E-state index contributed by atoms with van der Waals surface area (Å²) in [5, 5.41) is 2.76. The van der Waals surface area contributed by atoms with E-state index in [1.165, 1.54) is 12.1 Å². The van der Waals surface area contributed by atoms with E-state index in [9.17, 15) is 13.2 Å². The first kappa shape index (κ1) is 22.4. The van der Waals surface area contributed by atoms with Crippen molar-refractivity contribution in [2.75, 3.05) is 10.0 Å². The Labute approximate surface area is 183 Å². The average Bonchev–Trinajstić information content (AvgIpc) is 2.74. The Bertz CT molecular complexity index is 1130. The van der Waals surface area contributed by atoms with E-state index in [0.29, 0.717) is 17.1 Å². The van der Waals surface area contributed by atoms with Gasteiger partial charge in [0, 0.05) is 11.4 Å². The molecule has 3 aromatic rings. The molecule has 1 unspecified atom stereocenters. The van der Waals surface area contributed by atoms with Gasteiger partial charge in [-0.05, 0) is 60.9 Å². The fourth-order valence-electron chi connectivity index (χ4n) is 2.99. The van der Waals surface area contributed by atoms with Crippen molar-refractivity contribution in [1.29, 1.82) is 0 Å². The Hall–Kier alpha value is -3.32. The number of para-hydroxylation sites is 2. The van der Waals surface area contributed by atoms with E-state index in [1.54, 1.807) is 49.4 Å². The molecule has 1 amide bonds. The number of sulfonamides is 1. The highest BCUT2D eigenvalue weighted by molar-refractivity contribution is 7.92. The second kappa shape index (κ2) is 9.66. The SMILES string of the molecule is CC(Oc1ccccc1C(C)C)C(=O)Nc1ccc(S(=O)(=O)Nc2ccccc2)cc1. The minimum absolute atomic E-state index is 0.101. The zero-order valence-electron chi connectivity index (χ0n) is 17.7. The molecule has 7 heteroatoms. The number of benzene rings is 3. The third kappa shape index (κ3) is 5.86. The molecule has 0 fully saturated rings. The van der Waals surface area contributed by atoms with Crippen molar-refractivity contribution in [3.8, 4) is 5.75 Å². The second-order valence-electron chi connectivity index (χ2n) is 7.44. The molecular weight excluding hydrogens is 412 g/mol. The summed E-state index contributed by atoms with van der Waals surface area (Å²) in [6, 6.07) is 22.3. The summed E-state index contributed by atoms with van der Waals surface area (Å²) in [6.07, 6.45) is -0.719. The van der Waals surface area contributed by atoms with Crippen LogP contribution in [0.25, 0.3) is 0 Å². The van der Waals surface area contributed by atoms with Crippen molar-refractivity contribution in [2.24, 2.45) is 0 Å². The van der Waals surface area contributed by atoms with Crippen LogP contribution in [0.15, 0.2) is 83.8 Å². The third-order valence-corrected chi connectivity index (χ3v) is 6.07. The molecule has 2 N–H and O–H groups in total. The summed E-state index contributed by atoms with van der Waals surface area (Å²) in [5.74, 6) is 0.621. The Morgan fingerprint density at radius 3 is 2.06 bits per heavy atom. The highest BCUT2D eigenvalue weighted by atomic mass is 32.2. The largest absolute Gasteiger partial charge is 0.481 e. The average molecular weight is 439 g/mol. The molecule has 6 nitrogen and oxygen atoms in total. The van der Waals surface area contributed by atoms with E-state index in [-0.39, 0.29) is 16.7 Å². The van der Waals surface area contributed by atoms with Crippen LogP contribution < -0.4 is 14.8 Å². The molecule has 162 valence electrons. The Morgan fingerprint density at radius 2 is 1.42 bits per heavy atom. The summed E-state index contributed by atoms with van der Waals surface area (Å²) < 4.78 is 33.4. The Balaban J connectivity index is 1.65. The van der Waals surface area contributed by atoms with Crippen LogP contribution in [-0.2, 0) is 14.8 Å². The monoisotopic (exact) mass is 438 g/mol. The first-order chi connectivity index (χ1) is 14.8. The van der Waals surface area contributed by atoms with Gasteiger partial charge in [0.2, 0.25) is 0 Å². The summed E-state index contributed by atoms with van der Waals surface area (Å²) >= 11 is 0. The number of hydrogen-bond acceptors (Lipinski definition) is 4. The van der Waals surface area contributed by atoms with Gasteiger partial charge in [-0.1, -0.05) is 50.2 Å². The van der Waals surface area contributed by atoms with Gasteiger partial charge in [-0.15, -0.1) is 0 Å². The number of carbonyl (C=O) groups excluding carboxylic acids is 1. The first-order valence-corrected chi connectivity index (χ1v) is 11.5. The van der Waals surface area contributed by atoms with Gasteiger partial charge in [0.15, 0.2) is 6.10 Å². The molecule has 0 aromatic heterocycles. The number of carbonyl (C=O) groups is 1. The molecule has 0 aliphatic heterocycles. The van der Waals surface area contributed by atoms with Crippen LogP contribution >= 0.6 is 0 Å². The Morgan fingerprint density at radius 1 is 0.806 bits per heavy atom. The molecule has 0 heterocycles. The first-order valence-electron chi connectivity index (χ1n) is 10.0. The quantitative estimate of drug-likeness (QED) is 0.517. The predicted octanol–water partition coefficient (Wildman–Crippen LogP) is 5.02. The lowest BCUT2D eigenvalue weighted by Crippen LogP contribution is -2.30. The fraction of sp³-hybridized carbons (Fsp3) is 0.208. The maximum Gasteiger partial charge on any atom is 0.265 e. The third-order valence-electron chi connectivity index (χ3n) is 4.67. The van der Waals surface area contributed by atoms with Gasteiger partial charge in [0.25, 0.3) is 15.9 Å². The van der Waals surface area contributed by atoms with Crippen LogP contribution in [0.4, 0.5) is 11.4 Å². The number of anilines is 2. The topological polar surface area (TPSA) is 84.5 Å². The molecule has 31 heavy (non-hydrogen) atoms. The van der Waals surface area contributed by atoms with Gasteiger partial charge in [0.1, 0.15) is 5.75 Å². The lowest BCUT2D eigenvalue weighted by molar-refractivity contribution is -0.122. The van der Waals surface area contributed by atoms with Crippen molar-refractivity contribution in [3.63, 3.8) is 0 Å². The highest BCUT2D eigenvalue weighted by Gasteiger charge is 2.18. The highest BCUT2D eigenvalue weighted by Crippen LogP contribution is 2.27. The molecule has 1 atom stereocenters. The zero-order chi connectivity index (χ0) is 22.4. The maximum absolute atomic E-state index is 12.6. The lowest BCUT2D eigenvalue weighted by Gasteiger charge is -2.18. The fourth-order valence-corrected chi connectivity index (χ4v) is 4.05. The number of rotatable bonds is 8. The minimum Gasteiger partial charge on any atom is -0.481 e. The zero-order valence-corrected chi connectivity index (χ0v) is 18.5. The van der Waals surface area contributed by atoms with Gasteiger partial charge in [0.05, 0.1) is 4.90 Å². The van der Waals surface area contributed by atoms with E-state index in [4.69, 9.17) is 4.74 Å². The van der Waals surface area contributed by atoms with Crippen molar-refractivity contribution in [2.45, 2.75) is 37.7 Å². The van der Waals surface area contributed by atoms with E-state index in [2.05, 4.69) is 23.9 Å². The van der Waals surface area contributed by atoms with Crippen LogP contribution in [0.1, 0.15) is 32.3 Å². The number of amides is 1. The number of nitrogens with one attached hydrogen (secondary N) is 2. The van der Waals surface area contributed by atoms with Crippen molar-refractivity contribution >= 4 is 27.3 Å². The smallest absolute Gasteiger partial charge is 0.265 e. The predicted molar refractivity (Wildman–Crippen MR) is 123 cm³/mol. The van der Waals surface area contributed by atoms with Crippen LogP contribution in [0.5, 0.6) is 5.75 Å². The molecule has 0 aliphatic carbocycles. The molecule has 3 aromatic carbocycles. The van der Waals surface area contributed by atoms with E-state index >= 15 is 0 Å². The maximum atomic E-state index is 12.6. The summed E-state index contributed by atoms with van der Waals surface area (Å²) in [4.78, 5) is 12.7. The molecule has 0 saturated carbocycles. The molecular formula is C24H26N2O4S. The van der Waals surface area contributed by atoms with Crippen LogP contribution in [0, 0.1) is 0 Å². The molecule has 3 rings (SSSR count). The standard InChI is InChI=1S/C24H26N2O4S/c1-17(2)22-11-7-8-12-23(22)30-18(3)24(27)25-19-13-15-21(16-14-19)31(28,29)26-20-9-5-4-6-10-20/h4-18,26H,1-3H3,(H,25,27). The second-order valence-corrected chi connectivity index (χ2v) is 9.12. The van der Waals surface area contributed by atoms with Gasteiger partial charge >= 0.3 is 0 Å². The van der Waals surface area contributed by atoms with E-state index in [0.717, 1.165) is 5.56 Å². The molecule has 0 radical (unpaired) electrons. The van der Waals surface area contributed by atoms with Gasteiger partial charge in [-0.2, -0.15) is 0 Å². The van der Waals surface area contributed by atoms with Gasteiger partial charge in [-0.25, -0.2) is 8.42 Å². The molecule has 0 aliphatic rings. The minimum atomic E-state index is -3.72. The van der Waals surface area contributed by atoms with Gasteiger partial charge < -0.3 is 10.1 Å². The van der Waals surface area contributed by atoms with Crippen LogP contribution in [0.3, 0.4) is 0 Å². The molecule has 0 saturated heterocycles. The molecule has 0 spiro atoms. The van der Waals surface area contributed by atoms with Crippen molar-refractivity contribution in [3.05, 3.63) is 84.4 Å². The number of ether oxygens (including phenoxy) is 1. The normalized spacial score (nSPS) is 12.3. The number of hydrogen-bond donors (Lipinski definition) is 2.